The molecule has 0 aromatic heterocycles. The Balaban J connectivity index is 2.28. The van der Waals surface area contributed by atoms with E-state index in [0.717, 1.165) is 19.6 Å². The molecule has 0 aliphatic heterocycles. The van der Waals surface area contributed by atoms with Crippen molar-refractivity contribution < 1.29 is 9.13 Å². The van der Waals surface area contributed by atoms with E-state index in [4.69, 9.17) is 16.3 Å². The van der Waals surface area contributed by atoms with Crippen molar-refractivity contribution in [2.24, 2.45) is 0 Å². The van der Waals surface area contributed by atoms with Gasteiger partial charge in [-0.2, -0.15) is 0 Å². The molecule has 0 unspecified atom stereocenters. The maximum absolute atomic E-state index is 13.6. The molecule has 0 fully saturated rings. The minimum Gasteiger partial charge on any atom is -0.383 e. The predicted octanol–water partition coefficient (Wildman–Crippen LogP) is 2.15. The third kappa shape index (κ3) is 5.78. The van der Waals surface area contributed by atoms with Crippen LogP contribution >= 0.6 is 11.6 Å². The van der Waals surface area contributed by atoms with E-state index in [1.807, 2.05) is 7.05 Å². The fourth-order valence-electron chi connectivity index (χ4n) is 1.59. The van der Waals surface area contributed by atoms with Crippen LogP contribution in [-0.2, 0) is 11.3 Å². The van der Waals surface area contributed by atoms with E-state index in [9.17, 15) is 4.39 Å². The van der Waals surface area contributed by atoms with Crippen LogP contribution in [0.5, 0.6) is 0 Å². The normalized spacial score (nSPS) is 11.2. The Morgan fingerprint density at radius 3 is 2.83 bits per heavy atom. The van der Waals surface area contributed by atoms with Gasteiger partial charge in [-0.15, -0.1) is 0 Å². The van der Waals surface area contributed by atoms with Gasteiger partial charge in [-0.3, -0.25) is 0 Å². The Kier molecular flexibility index (Phi) is 7.20. The Morgan fingerprint density at radius 1 is 1.39 bits per heavy atom. The van der Waals surface area contributed by atoms with Crippen molar-refractivity contribution in [3.63, 3.8) is 0 Å². The number of ether oxygens (including phenoxy) is 1. The summed E-state index contributed by atoms with van der Waals surface area (Å²) in [6, 6.07) is 4.79. The molecular weight excluding hydrogens is 255 g/mol. The van der Waals surface area contributed by atoms with Crippen LogP contribution in [0.15, 0.2) is 18.2 Å². The van der Waals surface area contributed by atoms with Gasteiger partial charge in [0.25, 0.3) is 0 Å². The van der Waals surface area contributed by atoms with E-state index in [2.05, 4.69) is 10.2 Å². The first kappa shape index (κ1) is 15.4. The molecule has 0 atom stereocenters. The molecule has 1 aromatic carbocycles. The van der Waals surface area contributed by atoms with Gasteiger partial charge in [0.1, 0.15) is 5.82 Å². The van der Waals surface area contributed by atoms with Crippen molar-refractivity contribution in [1.29, 1.82) is 0 Å². The Labute approximate surface area is 113 Å². The lowest BCUT2D eigenvalue weighted by atomic mass is 10.2. The van der Waals surface area contributed by atoms with Crippen molar-refractivity contribution in [3.8, 4) is 0 Å². The van der Waals surface area contributed by atoms with Crippen molar-refractivity contribution in [3.05, 3.63) is 34.6 Å². The highest BCUT2D eigenvalue weighted by molar-refractivity contribution is 6.30. The Bertz CT molecular complexity index is 363. The predicted molar refractivity (Wildman–Crippen MR) is 72.5 cm³/mol. The maximum atomic E-state index is 13.6. The molecule has 0 saturated carbocycles. The molecule has 0 aliphatic carbocycles. The SMILES string of the molecule is COCCNCCN(C)Cc1ccc(Cl)cc1F. The second-order valence-electron chi connectivity index (χ2n) is 4.22. The van der Waals surface area contributed by atoms with Crippen LogP contribution in [0.4, 0.5) is 4.39 Å². The minimum atomic E-state index is -0.248. The number of hydrogen-bond donors (Lipinski definition) is 1. The molecule has 0 bridgehead atoms. The van der Waals surface area contributed by atoms with Gasteiger partial charge in [0, 0.05) is 43.9 Å². The van der Waals surface area contributed by atoms with E-state index in [-0.39, 0.29) is 5.82 Å². The summed E-state index contributed by atoms with van der Waals surface area (Å²) in [5.41, 5.74) is 0.666. The molecule has 5 heteroatoms. The van der Waals surface area contributed by atoms with E-state index < -0.39 is 0 Å². The smallest absolute Gasteiger partial charge is 0.129 e. The number of hydrogen-bond acceptors (Lipinski definition) is 3. The molecule has 3 nitrogen and oxygen atoms in total. The molecule has 0 amide bonds. The molecule has 18 heavy (non-hydrogen) atoms. The molecule has 0 radical (unpaired) electrons. The molecule has 0 saturated heterocycles. The van der Waals surface area contributed by atoms with Gasteiger partial charge < -0.3 is 15.0 Å². The van der Waals surface area contributed by atoms with Crippen LogP contribution in [0.3, 0.4) is 0 Å². The number of benzene rings is 1. The number of likely N-dealkylation sites (N-methyl/N-ethyl adjacent to an activating group) is 1. The lowest BCUT2D eigenvalue weighted by Gasteiger charge is -2.17. The number of halogens is 2. The van der Waals surface area contributed by atoms with Gasteiger partial charge in [-0.25, -0.2) is 4.39 Å². The summed E-state index contributed by atoms with van der Waals surface area (Å²) in [4.78, 5) is 2.06. The van der Waals surface area contributed by atoms with Gasteiger partial charge in [-0.1, -0.05) is 17.7 Å². The zero-order valence-corrected chi connectivity index (χ0v) is 11.6. The third-order valence-electron chi connectivity index (χ3n) is 2.61. The van der Waals surface area contributed by atoms with Crippen LogP contribution in [0, 0.1) is 5.82 Å². The summed E-state index contributed by atoms with van der Waals surface area (Å²) in [6.07, 6.45) is 0. The molecule has 102 valence electrons. The summed E-state index contributed by atoms with van der Waals surface area (Å²) >= 11 is 5.71. The summed E-state index contributed by atoms with van der Waals surface area (Å²) < 4.78 is 18.5. The van der Waals surface area contributed by atoms with E-state index in [1.54, 1.807) is 19.2 Å². The first-order valence-electron chi connectivity index (χ1n) is 5.95. The Morgan fingerprint density at radius 2 is 2.17 bits per heavy atom. The molecular formula is C13H20ClFN2O. The van der Waals surface area contributed by atoms with Crippen molar-refractivity contribution in [2.75, 3.05) is 40.4 Å². The zero-order valence-electron chi connectivity index (χ0n) is 10.9. The fraction of sp³-hybridized carbons (Fsp3) is 0.538. The molecule has 1 aromatic rings. The van der Waals surface area contributed by atoms with Crippen LogP contribution in [0.25, 0.3) is 0 Å². The van der Waals surface area contributed by atoms with Crippen LogP contribution in [0.1, 0.15) is 5.56 Å². The second kappa shape index (κ2) is 8.43. The van der Waals surface area contributed by atoms with E-state index in [0.29, 0.717) is 23.7 Å². The quantitative estimate of drug-likeness (QED) is 0.735. The lowest BCUT2D eigenvalue weighted by molar-refractivity contribution is 0.197. The van der Waals surface area contributed by atoms with Gasteiger partial charge in [-0.05, 0) is 19.2 Å². The molecule has 1 rings (SSSR count). The molecule has 1 N–H and O–H groups in total. The summed E-state index contributed by atoms with van der Waals surface area (Å²) in [5, 5.41) is 3.68. The average molecular weight is 275 g/mol. The number of methoxy groups -OCH3 is 1. The summed E-state index contributed by atoms with van der Waals surface area (Å²) in [5.74, 6) is -0.248. The number of nitrogens with one attached hydrogen (secondary N) is 1. The highest BCUT2D eigenvalue weighted by atomic mass is 35.5. The topological polar surface area (TPSA) is 24.5 Å². The van der Waals surface area contributed by atoms with E-state index >= 15 is 0 Å². The standard InChI is InChI=1S/C13H20ClFN2O/c1-17(7-5-16-6-8-18-2)10-11-3-4-12(14)9-13(11)15/h3-4,9,16H,5-8,10H2,1-2H3. The molecule has 0 heterocycles. The van der Waals surface area contributed by atoms with E-state index in [1.165, 1.54) is 6.07 Å². The first-order chi connectivity index (χ1) is 8.63. The minimum absolute atomic E-state index is 0.248. The number of nitrogens with zero attached hydrogens (tertiary/aromatic N) is 1. The van der Waals surface area contributed by atoms with Gasteiger partial charge in [0.15, 0.2) is 0 Å². The maximum Gasteiger partial charge on any atom is 0.129 e. The fourth-order valence-corrected chi connectivity index (χ4v) is 1.75. The first-order valence-corrected chi connectivity index (χ1v) is 6.33. The summed E-state index contributed by atoms with van der Waals surface area (Å²) in [6.45, 7) is 3.82. The van der Waals surface area contributed by atoms with Crippen LogP contribution in [0.2, 0.25) is 5.02 Å². The largest absolute Gasteiger partial charge is 0.383 e. The van der Waals surface area contributed by atoms with Gasteiger partial charge in [0.2, 0.25) is 0 Å². The Hall–Kier alpha value is -0.680. The lowest BCUT2D eigenvalue weighted by Crippen LogP contribution is -2.30. The third-order valence-corrected chi connectivity index (χ3v) is 2.84. The molecule has 0 aliphatic rings. The monoisotopic (exact) mass is 274 g/mol. The van der Waals surface area contributed by atoms with Crippen LogP contribution in [-0.4, -0.2) is 45.3 Å². The second-order valence-corrected chi connectivity index (χ2v) is 4.65. The van der Waals surface area contributed by atoms with Gasteiger partial charge >= 0.3 is 0 Å². The highest BCUT2D eigenvalue weighted by Crippen LogP contribution is 2.15. The number of rotatable bonds is 8. The zero-order chi connectivity index (χ0) is 13.4. The van der Waals surface area contributed by atoms with Crippen molar-refractivity contribution in [2.45, 2.75) is 6.54 Å². The van der Waals surface area contributed by atoms with Crippen molar-refractivity contribution in [1.82, 2.24) is 10.2 Å². The molecule has 0 spiro atoms. The van der Waals surface area contributed by atoms with Crippen LogP contribution < -0.4 is 5.32 Å². The average Bonchev–Trinajstić information content (AvgIpc) is 2.32. The van der Waals surface area contributed by atoms with Crippen molar-refractivity contribution >= 4 is 11.6 Å². The highest BCUT2D eigenvalue weighted by Gasteiger charge is 2.06. The summed E-state index contributed by atoms with van der Waals surface area (Å²) in [7, 11) is 3.64. The van der Waals surface area contributed by atoms with Gasteiger partial charge in [0.05, 0.1) is 6.61 Å².